The quantitative estimate of drug-likeness (QED) is 0.442. The number of carbonyl (C=O) groups excluding carboxylic acids is 2. The van der Waals surface area contributed by atoms with Crippen LogP contribution in [0.1, 0.15) is 52.5 Å². The summed E-state index contributed by atoms with van der Waals surface area (Å²) in [6, 6.07) is 8.93. The number of halogens is 2. The van der Waals surface area contributed by atoms with E-state index in [0.717, 1.165) is 0 Å². The number of carbonyl (C=O) groups is 2. The molecule has 9 heteroatoms. The van der Waals surface area contributed by atoms with Gasteiger partial charge in [0.15, 0.2) is 17.2 Å². The molecule has 0 fully saturated rings. The first kappa shape index (κ1) is 26.6. The van der Waals surface area contributed by atoms with Gasteiger partial charge in [0, 0.05) is 18.2 Å². The van der Waals surface area contributed by atoms with Gasteiger partial charge in [-0.1, -0.05) is 12.1 Å². The molecule has 1 aromatic heterocycles. The van der Waals surface area contributed by atoms with Gasteiger partial charge in [0.25, 0.3) is 5.91 Å². The number of nitrogens with one attached hydrogen (secondary N) is 1. The first-order valence-corrected chi connectivity index (χ1v) is 11.3. The lowest BCUT2D eigenvalue weighted by Gasteiger charge is -2.28. The summed E-state index contributed by atoms with van der Waals surface area (Å²) in [4.78, 5) is 29.4. The number of hydrogen-bond acceptors (Lipinski definition) is 6. The van der Waals surface area contributed by atoms with Crippen LogP contribution in [-0.4, -0.2) is 41.2 Å². The van der Waals surface area contributed by atoms with Gasteiger partial charge in [-0.3, -0.25) is 4.79 Å². The number of esters is 1. The Balaban J connectivity index is 1.84. The Kier molecular flexibility index (Phi) is 8.24. The number of aromatic hydroxyl groups is 1. The topological polar surface area (TPSA) is 97.8 Å². The zero-order valence-electron chi connectivity index (χ0n) is 20.6. The van der Waals surface area contributed by atoms with Crippen molar-refractivity contribution in [1.29, 1.82) is 0 Å². The van der Waals surface area contributed by atoms with Crippen molar-refractivity contribution in [3.63, 3.8) is 0 Å². The molecule has 0 radical (unpaired) electrons. The average molecular weight is 499 g/mol. The molecule has 3 aromatic rings. The molecule has 0 spiro atoms. The summed E-state index contributed by atoms with van der Waals surface area (Å²) in [6.45, 7) is 6.61. The lowest BCUT2D eigenvalue weighted by molar-refractivity contribution is -0.150. The summed E-state index contributed by atoms with van der Waals surface area (Å²) >= 11 is 0. The highest BCUT2D eigenvalue weighted by Crippen LogP contribution is 2.35. The van der Waals surface area contributed by atoms with Gasteiger partial charge in [-0.2, -0.15) is 0 Å². The molecule has 2 N–H and O–H groups in total. The second-order valence-corrected chi connectivity index (χ2v) is 8.53. The monoisotopic (exact) mass is 498 g/mol. The van der Waals surface area contributed by atoms with E-state index < -0.39 is 47.3 Å². The van der Waals surface area contributed by atoms with Crippen molar-refractivity contribution < 1.29 is 33.0 Å². The predicted molar refractivity (Wildman–Crippen MR) is 129 cm³/mol. The Morgan fingerprint density at radius 1 is 0.972 bits per heavy atom. The van der Waals surface area contributed by atoms with Crippen LogP contribution in [0.2, 0.25) is 0 Å². The highest BCUT2D eigenvalue weighted by Gasteiger charge is 2.30. The number of ether oxygens (including phenoxy) is 2. The molecule has 1 amide bonds. The standard InChI is InChI=1S/C27H28F2N2O5/c1-14-12-18(28)6-8-20(14)23(21-9-7-19(29)13-15(21)2)17(4)36-27(34)16(3)31-26(33)24-25(32)22(35-5)10-11-30-24/h6-13,16-17,23,32H,1-5H3,(H,31,33)/t16-,17-/m0/s1. The van der Waals surface area contributed by atoms with E-state index in [2.05, 4.69) is 10.3 Å². The predicted octanol–water partition coefficient (Wildman–Crippen LogP) is 4.57. The van der Waals surface area contributed by atoms with Crippen LogP contribution in [0, 0.1) is 25.5 Å². The third kappa shape index (κ3) is 5.79. The minimum absolute atomic E-state index is 0.0613. The van der Waals surface area contributed by atoms with E-state index >= 15 is 0 Å². The summed E-state index contributed by atoms with van der Waals surface area (Å²) in [6.07, 6.45) is 0.535. The van der Waals surface area contributed by atoms with Gasteiger partial charge in [0.2, 0.25) is 0 Å². The molecular weight excluding hydrogens is 470 g/mol. The lowest BCUT2D eigenvalue weighted by atomic mass is 9.82. The molecule has 36 heavy (non-hydrogen) atoms. The number of methoxy groups -OCH3 is 1. The molecular formula is C27H28F2N2O5. The molecule has 0 aliphatic carbocycles. The molecule has 2 atom stereocenters. The third-order valence-electron chi connectivity index (χ3n) is 5.93. The molecule has 2 aromatic carbocycles. The number of rotatable bonds is 8. The van der Waals surface area contributed by atoms with Crippen molar-refractivity contribution in [3.05, 3.63) is 88.2 Å². The van der Waals surface area contributed by atoms with Gasteiger partial charge in [-0.15, -0.1) is 0 Å². The van der Waals surface area contributed by atoms with Gasteiger partial charge in [0.05, 0.1) is 7.11 Å². The normalized spacial score (nSPS) is 12.7. The van der Waals surface area contributed by atoms with Gasteiger partial charge in [0.1, 0.15) is 23.8 Å². The molecule has 1 heterocycles. The van der Waals surface area contributed by atoms with E-state index in [9.17, 15) is 23.5 Å². The summed E-state index contributed by atoms with van der Waals surface area (Å²) in [5, 5.41) is 12.6. The molecule has 0 aliphatic rings. The van der Waals surface area contributed by atoms with Gasteiger partial charge >= 0.3 is 5.97 Å². The Hall–Kier alpha value is -4.01. The van der Waals surface area contributed by atoms with Crippen LogP contribution in [0.25, 0.3) is 0 Å². The van der Waals surface area contributed by atoms with E-state index in [-0.39, 0.29) is 11.4 Å². The van der Waals surface area contributed by atoms with Gasteiger partial charge < -0.3 is 19.9 Å². The summed E-state index contributed by atoms with van der Waals surface area (Å²) < 4.78 is 38.3. The van der Waals surface area contributed by atoms with Crippen LogP contribution in [0.15, 0.2) is 48.7 Å². The third-order valence-corrected chi connectivity index (χ3v) is 5.93. The lowest BCUT2D eigenvalue weighted by Crippen LogP contribution is -2.41. The van der Waals surface area contributed by atoms with Gasteiger partial charge in [-0.05, 0) is 74.2 Å². The molecule has 0 saturated carbocycles. The Labute approximate surface area is 208 Å². The van der Waals surface area contributed by atoms with Crippen molar-refractivity contribution in [2.24, 2.45) is 0 Å². The van der Waals surface area contributed by atoms with Crippen LogP contribution in [-0.2, 0) is 9.53 Å². The smallest absolute Gasteiger partial charge is 0.328 e. The number of benzene rings is 2. The first-order chi connectivity index (χ1) is 17.0. The number of hydrogen-bond donors (Lipinski definition) is 2. The number of nitrogens with zero attached hydrogens (tertiary/aromatic N) is 1. The molecule has 190 valence electrons. The van der Waals surface area contributed by atoms with E-state index in [0.29, 0.717) is 22.3 Å². The Bertz CT molecular complexity index is 1230. The Morgan fingerprint density at radius 3 is 2.03 bits per heavy atom. The van der Waals surface area contributed by atoms with E-state index in [4.69, 9.17) is 9.47 Å². The van der Waals surface area contributed by atoms with Crippen molar-refractivity contribution in [2.75, 3.05) is 7.11 Å². The summed E-state index contributed by atoms with van der Waals surface area (Å²) in [7, 11) is 1.33. The highest BCUT2D eigenvalue weighted by molar-refractivity contribution is 5.97. The fourth-order valence-electron chi connectivity index (χ4n) is 4.09. The van der Waals surface area contributed by atoms with Crippen LogP contribution in [0.5, 0.6) is 11.5 Å². The fourth-order valence-corrected chi connectivity index (χ4v) is 4.09. The van der Waals surface area contributed by atoms with E-state index in [1.54, 1.807) is 32.9 Å². The number of pyridine rings is 1. The maximum Gasteiger partial charge on any atom is 0.328 e. The van der Waals surface area contributed by atoms with Crippen molar-refractivity contribution in [3.8, 4) is 11.5 Å². The second-order valence-electron chi connectivity index (χ2n) is 8.53. The average Bonchev–Trinajstić information content (AvgIpc) is 2.81. The molecule has 0 aliphatic heterocycles. The number of aryl methyl sites for hydroxylation is 2. The maximum absolute atomic E-state index is 13.8. The Morgan fingerprint density at radius 2 is 1.53 bits per heavy atom. The minimum Gasteiger partial charge on any atom is -0.503 e. The molecule has 7 nitrogen and oxygen atoms in total. The highest BCUT2D eigenvalue weighted by atomic mass is 19.1. The fraction of sp³-hybridized carbons (Fsp3) is 0.296. The molecule has 3 rings (SSSR count). The molecule has 0 bridgehead atoms. The number of amides is 1. The zero-order valence-corrected chi connectivity index (χ0v) is 20.6. The SMILES string of the molecule is COc1ccnc(C(=O)N[C@@H](C)C(=O)O[C@@H](C)C(c2ccc(F)cc2C)c2ccc(F)cc2C)c1O. The molecule has 0 saturated heterocycles. The van der Waals surface area contributed by atoms with E-state index in [1.165, 1.54) is 50.6 Å². The van der Waals surface area contributed by atoms with Crippen LogP contribution in [0.4, 0.5) is 8.78 Å². The van der Waals surface area contributed by atoms with Crippen LogP contribution in [0.3, 0.4) is 0 Å². The van der Waals surface area contributed by atoms with Crippen LogP contribution >= 0.6 is 0 Å². The first-order valence-electron chi connectivity index (χ1n) is 11.3. The maximum atomic E-state index is 13.8. The molecule has 0 unspecified atom stereocenters. The number of aromatic nitrogens is 1. The summed E-state index contributed by atoms with van der Waals surface area (Å²) in [5.41, 5.74) is 2.42. The van der Waals surface area contributed by atoms with E-state index in [1.807, 2.05) is 0 Å². The van der Waals surface area contributed by atoms with Gasteiger partial charge in [-0.25, -0.2) is 18.6 Å². The largest absolute Gasteiger partial charge is 0.503 e. The minimum atomic E-state index is -1.09. The van der Waals surface area contributed by atoms with Crippen molar-refractivity contribution >= 4 is 11.9 Å². The van der Waals surface area contributed by atoms with Crippen molar-refractivity contribution in [1.82, 2.24) is 10.3 Å². The zero-order chi connectivity index (χ0) is 26.6. The van der Waals surface area contributed by atoms with Crippen molar-refractivity contribution in [2.45, 2.75) is 45.8 Å². The van der Waals surface area contributed by atoms with Crippen LogP contribution < -0.4 is 10.1 Å². The summed E-state index contributed by atoms with van der Waals surface area (Å²) in [5.74, 6) is -3.24. The second kappa shape index (κ2) is 11.2.